The predicted octanol–water partition coefficient (Wildman–Crippen LogP) is 2.15. The normalized spacial score (nSPS) is 26.6. The summed E-state index contributed by atoms with van der Waals surface area (Å²) in [5.41, 5.74) is 0.947. The van der Waals surface area contributed by atoms with Gasteiger partial charge in [0.05, 0.1) is 19.0 Å². The number of urea groups is 1. The minimum Gasteiger partial charge on any atom is -0.360 e. The van der Waals surface area contributed by atoms with Crippen LogP contribution in [-0.2, 0) is 16.0 Å². The third kappa shape index (κ3) is 4.21. The molecule has 0 radical (unpaired) electrons. The number of fused-ring (bicyclic) bond motifs is 1. The Kier molecular flexibility index (Phi) is 5.11. The molecule has 1 unspecified atom stereocenters. The third-order valence-electron chi connectivity index (χ3n) is 5.62. The fraction of sp³-hybridized carbons (Fsp3) is 0.579. The maximum absolute atomic E-state index is 14.4. The molecule has 3 aliphatic rings. The van der Waals surface area contributed by atoms with Gasteiger partial charge < -0.3 is 19.9 Å². The average molecular weight is 433 g/mol. The van der Waals surface area contributed by atoms with Gasteiger partial charge in [0.15, 0.2) is 0 Å². The number of hydrogen-bond donors (Lipinski definition) is 1. The van der Waals surface area contributed by atoms with Crippen molar-refractivity contribution >= 4 is 11.9 Å². The second-order valence-electron chi connectivity index (χ2n) is 7.97. The number of nitrogens with one attached hydrogen (secondary N) is 1. The van der Waals surface area contributed by atoms with E-state index in [9.17, 15) is 31.5 Å². The number of alkyl halides is 5. The molecule has 3 aliphatic heterocycles. The Balaban J connectivity index is 1.34. The molecule has 0 spiro atoms. The number of halogens is 5. The van der Waals surface area contributed by atoms with E-state index in [1.54, 1.807) is 12.1 Å². The Morgan fingerprint density at radius 2 is 1.80 bits per heavy atom. The molecule has 1 aromatic carbocycles. The topological polar surface area (TPSA) is 61.9 Å². The van der Waals surface area contributed by atoms with Crippen LogP contribution < -0.4 is 5.32 Å². The first-order valence-electron chi connectivity index (χ1n) is 9.50. The van der Waals surface area contributed by atoms with Crippen molar-refractivity contribution in [2.75, 3.05) is 32.8 Å². The smallest absolute Gasteiger partial charge is 0.360 e. The monoisotopic (exact) mass is 433 g/mol. The van der Waals surface area contributed by atoms with Gasteiger partial charge in [0, 0.05) is 25.6 Å². The van der Waals surface area contributed by atoms with Crippen LogP contribution in [0.3, 0.4) is 0 Å². The molecule has 3 fully saturated rings. The standard InChI is InChI=1S/C19H20F5N3O3/c20-18(21)10-27(8-14-16(18)30-9-15(28)25-14)17(29)26-6-13(7-26)12-3-1-11(2-4-12)5-19(22,23)24/h1-4,13-14,16H,5-10H2,(H,25,28)/t14?,16-/m0/s1. The summed E-state index contributed by atoms with van der Waals surface area (Å²) in [6.07, 6.45) is -6.74. The number of likely N-dealkylation sites (tertiary alicyclic amines) is 2. The molecule has 1 N–H and O–H groups in total. The highest BCUT2D eigenvalue weighted by Crippen LogP contribution is 2.34. The van der Waals surface area contributed by atoms with Gasteiger partial charge >= 0.3 is 12.2 Å². The van der Waals surface area contributed by atoms with E-state index in [1.807, 2.05) is 0 Å². The van der Waals surface area contributed by atoms with Crippen molar-refractivity contribution in [1.82, 2.24) is 15.1 Å². The molecule has 0 aliphatic carbocycles. The minimum absolute atomic E-state index is 0.0651. The summed E-state index contributed by atoms with van der Waals surface area (Å²) >= 11 is 0. The molecule has 3 saturated heterocycles. The molecule has 164 valence electrons. The molecule has 4 rings (SSSR count). The first kappa shape index (κ1) is 20.8. The zero-order chi connectivity index (χ0) is 21.7. The lowest BCUT2D eigenvalue weighted by Crippen LogP contribution is -2.70. The highest BCUT2D eigenvalue weighted by Gasteiger charge is 2.55. The number of ether oxygens (including phenoxy) is 1. The SMILES string of the molecule is O=C1CO[C@H]2C(CN(C(=O)N3CC(c4ccc(CC(F)(F)F)cc4)C3)CC2(F)F)N1. The van der Waals surface area contributed by atoms with E-state index in [-0.39, 0.29) is 31.1 Å². The van der Waals surface area contributed by atoms with Gasteiger partial charge in [0.25, 0.3) is 5.92 Å². The van der Waals surface area contributed by atoms with Crippen LogP contribution in [-0.4, -0.2) is 78.8 Å². The van der Waals surface area contributed by atoms with Gasteiger partial charge in [-0.15, -0.1) is 0 Å². The number of carbonyl (C=O) groups is 2. The zero-order valence-electron chi connectivity index (χ0n) is 15.8. The summed E-state index contributed by atoms with van der Waals surface area (Å²) < 4.78 is 71.1. The summed E-state index contributed by atoms with van der Waals surface area (Å²) in [5.74, 6) is -3.85. The lowest BCUT2D eigenvalue weighted by molar-refractivity contribution is -0.195. The fourth-order valence-electron chi connectivity index (χ4n) is 4.14. The largest absolute Gasteiger partial charge is 0.393 e. The minimum atomic E-state index is -4.28. The number of rotatable bonds is 2. The van der Waals surface area contributed by atoms with Crippen LogP contribution in [0.5, 0.6) is 0 Å². The van der Waals surface area contributed by atoms with Crippen molar-refractivity contribution in [2.24, 2.45) is 0 Å². The summed E-state index contributed by atoms with van der Waals surface area (Å²) in [6, 6.07) is 4.48. The van der Waals surface area contributed by atoms with E-state index >= 15 is 0 Å². The molecule has 0 bridgehead atoms. The number of carbonyl (C=O) groups excluding carboxylic acids is 2. The van der Waals surface area contributed by atoms with Crippen molar-refractivity contribution in [3.8, 4) is 0 Å². The van der Waals surface area contributed by atoms with Crippen molar-refractivity contribution in [3.05, 3.63) is 35.4 Å². The van der Waals surface area contributed by atoms with Crippen LogP contribution in [0.1, 0.15) is 17.0 Å². The molecule has 0 aromatic heterocycles. The summed E-state index contributed by atoms with van der Waals surface area (Å²) in [5, 5.41) is 2.45. The van der Waals surface area contributed by atoms with E-state index in [2.05, 4.69) is 5.32 Å². The second-order valence-corrected chi connectivity index (χ2v) is 7.97. The Labute approximate surface area is 168 Å². The quantitative estimate of drug-likeness (QED) is 0.728. The first-order chi connectivity index (χ1) is 14.0. The molecular formula is C19H20F5N3O3. The highest BCUT2D eigenvalue weighted by atomic mass is 19.4. The Morgan fingerprint density at radius 3 is 2.43 bits per heavy atom. The molecule has 3 amide bonds. The van der Waals surface area contributed by atoms with E-state index in [4.69, 9.17) is 4.74 Å². The van der Waals surface area contributed by atoms with Gasteiger partial charge in [-0.05, 0) is 11.1 Å². The van der Waals surface area contributed by atoms with Crippen LogP contribution in [0.15, 0.2) is 24.3 Å². The number of piperidine rings is 1. The third-order valence-corrected chi connectivity index (χ3v) is 5.62. The maximum atomic E-state index is 14.4. The maximum Gasteiger partial charge on any atom is 0.393 e. The lowest BCUT2D eigenvalue weighted by Gasteiger charge is -2.48. The van der Waals surface area contributed by atoms with Crippen molar-refractivity contribution in [2.45, 2.75) is 36.6 Å². The molecule has 2 atom stereocenters. The van der Waals surface area contributed by atoms with Gasteiger partial charge in [0.2, 0.25) is 5.91 Å². The first-order valence-corrected chi connectivity index (χ1v) is 9.50. The average Bonchev–Trinajstić information content (AvgIpc) is 2.59. The molecule has 6 nitrogen and oxygen atoms in total. The summed E-state index contributed by atoms with van der Waals surface area (Å²) in [6.45, 7) is -0.721. The van der Waals surface area contributed by atoms with E-state index < -0.39 is 55.8 Å². The lowest BCUT2D eigenvalue weighted by atomic mass is 9.90. The van der Waals surface area contributed by atoms with Crippen LogP contribution >= 0.6 is 0 Å². The second kappa shape index (κ2) is 7.36. The van der Waals surface area contributed by atoms with Gasteiger partial charge in [-0.3, -0.25) is 4.79 Å². The zero-order valence-corrected chi connectivity index (χ0v) is 15.8. The molecule has 30 heavy (non-hydrogen) atoms. The molecule has 3 heterocycles. The number of hydrogen-bond acceptors (Lipinski definition) is 3. The van der Waals surface area contributed by atoms with Crippen molar-refractivity contribution < 1.29 is 36.3 Å². The molecule has 1 aromatic rings. The van der Waals surface area contributed by atoms with Crippen LogP contribution in [0.25, 0.3) is 0 Å². The van der Waals surface area contributed by atoms with E-state index in [0.717, 1.165) is 10.5 Å². The van der Waals surface area contributed by atoms with Gasteiger partial charge in [-0.1, -0.05) is 24.3 Å². The van der Waals surface area contributed by atoms with E-state index in [0.29, 0.717) is 0 Å². The Hall–Kier alpha value is -2.43. The van der Waals surface area contributed by atoms with E-state index in [1.165, 1.54) is 17.0 Å². The number of benzene rings is 1. The fourth-order valence-corrected chi connectivity index (χ4v) is 4.14. The molecule has 0 saturated carbocycles. The number of amides is 3. The van der Waals surface area contributed by atoms with Gasteiger partial charge in [-0.25, -0.2) is 13.6 Å². The predicted molar refractivity (Wildman–Crippen MR) is 94.1 cm³/mol. The summed E-state index contributed by atoms with van der Waals surface area (Å²) in [7, 11) is 0. The Morgan fingerprint density at radius 1 is 1.13 bits per heavy atom. The van der Waals surface area contributed by atoms with Crippen LogP contribution in [0.2, 0.25) is 0 Å². The van der Waals surface area contributed by atoms with Crippen LogP contribution in [0, 0.1) is 0 Å². The van der Waals surface area contributed by atoms with Crippen molar-refractivity contribution in [3.63, 3.8) is 0 Å². The van der Waals surface area contributed by atoms with Crippen molar-refractivity contribution in [1.29, 1.82) is 0 Å². The molecule has 11 heteroatoms. The van der Waals surface area contributed by atoms with Gasteiger partial charge in [0.1, 0.15) is 12.7 Å². The number of morpholine rings is 1. The van der Waals surface area contributed by atoms with Crippen LogP contribution in [0.4, 0.5) is 26.7 Å². The number of nitrogens with zero attached hydrogens (tertiary/aromatic N) is 2. The highest BCUT2D eigenvalue weighted by molar-refractivity contribution is 5.79. The Bertz CT molecular complexity index is 824. The summed E-state index contributed by atoms with van der Waals surface area (Å²) in [4.78, 5) is 26.5. The molecular weight excluding hydrogens is 413 g/mol. The van der Waals surface area contributed by atoms with Gasteiger partial charge in [-0.2, -0.15) is 13.2 Å².